The van der Waals surface area contributed by atoms with Crippen LogP contribution in [0.4, 0.5) is 0 Å². The highest BCUT2D eigenvalue weighted by Crippen LogP contribution is 2.37. The van der Waals surface area contributed by atoms with Crippen LogP contribution in [0.25, 0.3) is 43.9 Å². The summed E-state index contributed by atoms with van der Waals surface area (Å²) in [4.78, 5) is 104. The molecule has 108 heavy (non-hydrogen) atoms. The third-order valence-electron chi connectivity index (χ3n) is 15.8. The van der Waals surface area contributed by atoms with Crippen molar-refractivity contribution in [2.45, 2.75) is 77.0 Å². The first-order valence-electron chi connectivity index (χ1n) is 36.1. The van der Waals surface area contributed by atoms with Crippen LogP contribution in [-0.4, -0.2) is 215 Å². The maximum Gasteiger partial charge on any atom is 0.336 e. The van der Waals surface area contributed by atoms with Crippen LogP contribution in [-0.2, 0) is 61.9 Å². The minimum absolute atomic E-state index is 0.0191. The van der Waals surface area contributed by atoms with Gasteiger partial charge in [-0.25, -0.2) is 14.4 Å². The maximum atomic E-state index is 13.4. The number of furan rings is 2. The maximum absolute atomic E-state index is 13.4. The van der Waals surface area contributed by atoms with Gasteiger partial charge in [-0.3, -0.25) is 24.0 Å². The molecule has 0 aliphatic carbocycles. The molecule has 8 aromatic rings. The number of ether oxygens (including phenoxy) is 12. The number of carbonyl (C=O) groups excluding carboxylic acids is 6. The number of carbonyl (C=O) groups is 6. The fourth-order valence-corrected chi connectivity index (χ4v) is 10.4. The van der Waals surface area contributed by atoms with E-state index in [1.54, 1.807) is 42.5 Å². The van der Waals surface area contributed by atoms with Crippen LogP contribution in [0.2, 0.25) is 0 Å². The van der Waals surface area contributed by atoms with Gasteiger partial charge in [0.05, 0.1) is 145 Å². The van der Waals surface area contributed by atoms with E-state index >= 15 is 0 Å². The molecule has 0 spiro atoms. The van der Waals surface area contributed by atoms with Crippen LogP contribution in [0.3, 0.4) is 0 Å². The summed E-state index contributed by atoms with van der Waals surface area (Å²) in [6.07, 6.45) is 7.11. The Bertz CT molecular complexity index is 3950. The number of amides is 5. The van der Waals surface area contributed by atoms with E-state index in [0.29, 0.717) is 218 Å². The van der Waals surface area contributed by atoms with Crippen molar-refractivity contribution >= 4 is 79.4 Å². The average Bonchev–Trinajstić information content (AvgIpc) is 1.44. The summed E-state index contributed by atoms with van der Waals surface area (Å²) in [6.45, 7) is 7.39. The number of aromatic hydroxyl groups is 2. The molecule has 588 valence electrons. The zero-order valence-corrected chi connectivity index (χ0v) is 60.4. The first-order chi connectivity index (χ1) is 52.8. The Morgan fingerprint density at radius 1 is 0.343 bits per heavy atom. The molecule has 5 heterocycles. The van der Waals surface area contributed by atoms with Crippen LogP contribution in [0.1, 0.15) is 87.4 Å². The molecule has 0 atom stereocenters. The lowest BCUT2D eigenvalue weighted by atomic mass is 10.1. The predicted octanol–water partition coefficient (Wildman–Crippen LogP) is 6.18. The van der Waals surface area contributed by atoms with Gasteiger partial charge in [0, 0.05) is 122 Å². The molecular formula is C75H96N6O27. The minimum Gasteiger partial charge on any atom is -0.493 e. The molecule has 0 unspecified atom stereocenters. The number of rotatable bonds is 58. The molecule has 0 aliphatic heterocycles. The lowest BCUT2D eigenvalue weighted by Crippen LogP contribution is -2.27. The van der Waals surface area contributed by atoms with Gasteiger partial charge >= 0.3 is 17.2 Å². The fraction of sp³-hybridized carbons (Fsp3) is 0.493. The second-order valence-electron chi connectivity index (χ2n) is 24.1. The average molecular weight is 1510 g/mol. The van der Waals surface area contributed by atoms with E-state index in [0.717, 1.165) is 10.8 Å². The van der Waals surface area contributed by atoms with Crippen molar-refractivity contribution in [1.82, 2.24) is 31.3 Å². The van der Waals surface area contributed by atoms with E-state index in [4.69, 9.17) is 79.3 Å². The molecule has 3 aromatic carbocycles. The highest BCUT2D eigenvalue weighted by molar-refractivity contribution is 6.01. The molecule has 5 amide bonds. The summed E-state index contributed by atoms with van der Waals surface area (Å²) in [7, 11) is 0. The summed E-state index contributed by atoms with van der Waals surface area (Å²) in [5.41, 5.74) is 0.775. The molecule has 0 saturated carbocycles. The first-order valence-corrected chi connectivity index (χ1v) is 36.1. The van der Waals surface area contributed by atoms with E-state index in [2.05, 4.69) is 26.6 Å². The lowest BCUT2D eigenvalue weighted by Gasteiger charge is -2.13. The number of fused-ring (bicyclic) bond motifs is 4. The number of nitrogens with one attached hydrogen (secondary N) is 5. The smallest absolute Gasteiger partial charge is 0.336 e. The molecule has 33 nitrogen and oxygen atoms in total. The third-order valence-corrected chi connectivity index (χ3v) is 15.8. The number of nitrogens with zero attached hydrogens (tertiary/aromatic N) is 1. The van der Waals surface area contributed by atoms with Gasteiger partial charge in [-0.15, -0.1) is 4.73 Å². The van der Waals surface area contributed by atoms with E-state index in [1.807, 2.05) is 12.1 Å². The molecule has 0 bridgehead atoms. The molecule has 8 rings (SSSR count). The Hall–Kier alpha value is -10.3. The van der Waals surface area contributed by atoms with Gasteiger partial charge in [-0.2, -0.15) is 0 Å². The summed E-state index contributed by atoms with van der Waals surface area (Å²) >= 11 is 0. The van der Waals surface area contributed by atoms with E-state index in [-0.39, 0.29) is 120 Å². The van der Waals surface area contributed by atoms with E-state index in [9.17, 15) is 48.6 Å². The number of hydrogen-bond donors (Lipinski definition) is 7. The van der Waals surface area contributed by atoms with Crippen LogP contribution in [0.15, 0.2) is 119 Å². The molecule has 33 heteroatoms. The number of aromatic nitrogens is 1. The summed E-state index contributed by atoms with van der Waals surface area (Å²) in [6, 6.07) is 20.5. The Morgan fingerprint density at radius 3 is 1.19 bits per heavy atom. The molecular weight excluding hydrogens is 1420 g/mol. The van der Waals surface area contributed by atoms with Gasteiger partial charge in [-0.05, 0) is 87.1 Å². The van der Waals surface area contributed by atoms with Gasteiger partial charge < -0.3 is 116 Å². The molecule has 0 radical (unpaired) electrons. The monoisotopic (exact) mass is 1510 g/mol. The van der Waals surface area contributed by atoms with Gasteiger partial charge in [-0.1, -0.05) is 6.42 Å². The second kappa shape index (κ2) is 48.1. The Morgan fingerprint density at radius 2 is 0.731 bits per heavy atom. The molecule has 0 aliphatic rings. The second-order valence-corrected chi connectivity index (χ2v) is 24.1. The van der Waals surface area contributed by atoms with Crippen molar-refractivity contribution in [1.29, 1.82) is 0 Å². The van der Waals surface area contributed by atoms with Crippen molar-refractivity contribution in [3.05, 3.63) is 118 Å². The van der Waals surface area contributed by atoms with Crippen LogP contribution in [0, 0.1) is 0 Å². The number of hydrogen-bond acceptors (Lipinski definition) is 27. The molecule has 0 saturated heterocycles. The Kier molecular flexibility index (Phi) is 37.2. The predicted molar refractivity (Wildman–Crippen MR) is 389 cm³/mol. The summed E-state index contributed by atoms with van der Waals surface area (Å²) in [5.74, 6) is -1.21. The first kappa shape index (κ1) is 83.4. The van der Waals surface area contributed by atoms with Crippen molar-refractivity contribution in [2.24, 2.45) is 0 Å². The SMILES string of the molecule is O=C(CCCOc1c2occc2cc2ccc(=O)oc12)NCCOCCOCCOCCOCCC(=O)NCCCOc1cc(OCCCNC(=O)CCOCCOCCOCCOCCNC(=O)CCCOc2c3occc3cc3ccc(=O)oc23)cc(C(=O)NCCCCCC(=O)On2c(O)ccc2O)c1. The van der Waals surface area contributed by atoms with Crippen molar-refractivity contribution in [2.75, 3.05) is 165 Å². The molecule has 0 fully saturated rings. The van der Waals surface area contributed by atoms with Gasteiger partial charge in [0.15, 0.2) is 22.3 Å². The van der Waals surface area contributed by atoms with E-state index < -0.39 is 29.0 Å². The molecule has 7 N–H and O–H groups in total. The highest BCUT2D eigenvalue weighted by atomic mass is 16.7. The zero-order valence-electron chi connectivity index (χ0n) is 60.4. The minimum atomic E-state index is -0.650. The quantitative estimate of drug-likeness (QED) is 0.0165. The van der Waals surface area contributed by atoms with Crippen LogP contribution < -0.4 is 61.6 Å². The highest BCUT2D eigenvalue weighted by Gasteiger charge is 2.19. The van der Waals surface area contributed by atoms with Crippen molar-refractivity contribution in [3.8, 4) is 34.8 Å². The largest absolute Gasteiger partial charge is 0.493 e. The van der Waals surface area contributed by atoms with Gasteiger partial charge in [0.1, 0.15) is 11.5 Å². The standard InChI is InChI=1S/C75H96N6O27/c82-60(8-4-26-102-73-69-55(17-32-104-69)48-53-11-15-66(88)106-71(53)73)78-24-34-94-38-42-98-46-44-96-40-36-92-30-19-62(84)76-22-6-28-100-58-50-57(75(91)80-21-3-1-2-10-68(90)108-81-64(86)13-14-65(81)87)51-59(52-58)101-29-7-23-77-63(85)20-31-93-37-41-97-45-47-99-43-39-95-35-25-79-61(83)9-5-27-103-74-70-56(18-33-105-70)49-54-12-16-67(89)107-72(54)74/h11-18,32-33,48-52,86-87H,1-10,19-31,34-47H2,(H,76,84)(H,77,85)(H,78,82)(H,79,83)(H,80,91). The topological polar surface area (TPSA) is 415 Å². The number of benzene rings is 3. The van der Waals surface area contributed by atoms with Crippen molar-refractivity contribution < 1.29 is 118 Å². The van der Waals surface area contributed by atoms with Crippen molar-refractivity contribution in [3.63, 3.8) is 0 Å². The molecule has 5 aromatic heterocycles. The Balaban J connectivity index is 0.593. The van der Waals surface area contributed by atoms with Gasteiger partial charge in [0.25, 0.3) is 5.91 Å². The summed E-state index contributed by atoms with van der Waals surface area (Å²) < 4.78 is 90.7. The van der Waals surface area contributed by atoms with Crippen LogP contribution in [0.5, 0.6) is 34.8 Å². The third kappa shape index (κ3) is 30.5. The number of unbranched alkanes of at least 4 members (excludes halogenated alkanes) is 2. The Labute approximate surface area is 621 Å². The normalized spacial score (nSPS) is 11.3. The fourth-order valence-electron chi connectivity index (χ4n) is 10.4. The zero-order chi connectivity index (χ0) is 76.2. The van der Waals surface area contributed by atoms with Crippen LogP contribution >= 0.6 is 0 Å². The lowest BCUT2D eigenvalue weighted by molar-refractivity contribution is -0.145. The summed E-state index contributed by atoms with van der Waals surface area (Å²) in [5, 5.41) is 36.6. The van der Waals surface area contributed by atoms with E-state index in [1.165, 1.54) is 36.8 Å². The van der Waals surface area contributed by atoms with Gasteiger partial charge in [0.2, 0.25) is 46.9 Å².